The van der Waals surface area contributed by atoms with Gasteiger partial charge in [0.2, 0.25) is 0 Å². The van der Waals surface area contributed by atoms with Gasteiger partial charge >= 0.3 is 0 Å². The van der Waals surface area contributed by atoms with Crippen molar-refractivity contribution in [3.8, 4) is 11.3 Å². The van der Waals surface area contributed by atoms with Gasteiger partial charge in [-0.05, 0) is 41.4 Å². The lowest BCUT2D eigenvalue weighted by Gasteiger charge is -2.09. The van der Waals surface area contributed by atoms with Crippen LogP contribution in [0.5, 0.6) is 0 Å². The van der Waals surface area contributed by atoms with Crippen LogP contribution in [0, 0.1) is 6.92 Å². The van der Waals surface area contributed by atoms with Crippen LogP contribution in [0.25, 0.3) is 11.3 Å². The zero-order valence-electron chi connectivity index (χ0n) is 14.1. The standard InChI is InChI=1S/C20H20N2OS2/c1-15-18(7-8-19(22-15)17-5-3-2-4-6-17)20(23)21-10-12-25-14-16-9-11-24-13-16/h2-9,11,13H,10,12,14H2,1H3,(H,21,23). The van der Waals surface area contributed by atoms with E-state index in [2.05, 4.69) is 27.1 Å². The molecule has 0 bridgehead atoms. The zero-order chi connectivity index (χ0) is 17.5. The van der Waals surface area contributed by atoms with Gasteiger partial charge in [-0.2, -0.15) is 23.1 Å². The van der Waals surface area contributed by atoms with Gasteiger partial charge in [0.15, 0.2) is 0 Å². The van der Waals surface area contributed by atoms with Crippen molar-refractivity contribution >= 4 is 29.0 Å². The van der Waals surface area contributed by atoms with Crippen LogP contribution in [0.2, 0.25) is 0 Å². The number of hydrogen-bond donors (Lipinski definition) is 1. The summed E-state index contributed by atoms with van der Waals surface area (Å²) in [6.07, 6.45) is 0. The van der Waals surface area contributed by atoms with Crippen molar-refractivity contribution in [2.24, 2.45) is 0 Å². The Balaban J connectivity index is 1.51. The minimum atomic E-state index is -0.0549. The number of aromatic nitrogens is 1. The Labute approximate surface area is 156 Å². The number of nitrogens with zero attached hydrogens (tertiary/aromatic N) is 1. The minimum absolute atomic E-state index is 0.0549. The van der Waals surface area contributed by atoms with Crippen molar-refractivity contribution in [3.63, 3.8) is 0 Å². The summed E-state index contributed by atoms with van der Waals surface area (Å²) in [7, 11) is 0. The van der Waals surface area contributed by atoms with Crippen molar-refractivity contribution in [1.29, 1.82) is 0 Å². The van der Waals surface area contributed by atoms with Crippen molar-refractivity contribution in [1.82, 2.24) is 10.3 Å². The molecule has 1 amide bonds. The molecule has 3 nitrogen and oxygen atoms in total. The monoisotopic (exact) mass is 368 g/mol. The molecule has 0 unspecified atom stereocenters. The Kier molecular flexibility index (Phi) is 6.25. The molecule has 0 saturated carbocycles. The predicted molar refractivity (Wildman–Crippen MR) is 107 cm³/mol. The maximum absolute atomic E-state index is 12.3. The van der Waals surface area contributed by atoms with Crippen molar-refractivity contribution in [2.75, 3.05) is 12.3 Å². The van der Waals surface area contributed by atoms with Crippen LogP contribution in [0.3, 0.4) is 0 Å². The molecule has 0 aliphatic carbocycles. The highest BCUT2D eigenvalue weighted by Crippen LogP contribution is 2.18. The fourth-order valence-corrected chi connectivity index (χ4v) is 4.05. The van der Waals surface area contributed by atoms with Gasteiger partial charge in [0.25, 0.3) is 5.91 Å². The third-order valence-corrected chi connectivity index (χ3v) is 5.54. The second-order valence-corrected chi connectivity index (χ2v) is 7.52. The van der Waals surface area contributed by atoms with Crippen molar-refractivity contribution < 1.29 is 4.79 Å². The van der Waals surface area contributed by atoms with E-state index in [1.807, 2.05) is 61.2 Å². The lowest BCUT2D eigenvalue weighted by atomic mass is 10.1. The minimum Gasteiger partial charge on any atom is -0.351 e. The van der Waals surface area contributed by atoms with Crippen LogP contribution in [0.15, 0.2) is 59.3 Å². The third-order valence-electron chi connectivity index (χ3n) is 3.78. The molecule has 3 aromatic rings. The van der Waals surface area contributed by atoms with E-state index in [0.29, 0.717) is 12.1 Å². The molecule has 25 heavy (non-hydrogen) atoms. The number of benzene rings is 1. The molecular formula is C20H20N2OS2. The molecule has 0 radical (unpaired) electrons. The first-order valence-electron chi connectivity index (χ1n) is 8.14. The number of hydrogen-bond acceptors (Lipinski definition) is 4. The molecule has 0 saturated heterocycles. The lowest BCUT2D eigenvalue weighted by Crippen LogP contribution is -2.26. The Morgan fingerprint density at radius 3 is 2.72 bits per heavy atom. The average Bonchev–Trinajstić information content (AvgIpc) is 3.15. The molecule has 0 atom stereocenters. The van der Waals surface area contributed by atoms with E-state index in [1.165, 1.54) is 5.56 Å². The van der Waals surface area contributed by atoms with Crippen molar-refractivity contribution in [3.05, 3.63) is 76.1 Å². The van der Waals surface area contributed by atoms with Crippen LogP contribution in [-0.4, -0.2) is 23.2 Å². The Bertz CT molecular complexity index is 817. The number of carbonyl (C=O) groups is 1. The summed E-state index contributed by atoms with van der Waals surface area (Å²) in [5.74, 6) is 1.84. The summed E-state index contributed by atoms with van der Waals surface area (Å²) in [4.78, 5) is 16.9. The smallest absolute Gasteiger partial charge is 0.253 e. The number of thiophene rings is 1. The Morgan fingerprint density at radius 1 is 1.16 bits per heavy atom. The molecule has 3 rings (SSSR count). The van der Waals surface area contributed by atoms with E-state index in [-0.39, 0.29) is 5.91 Å². The quantitative estimate of drug-likeness (QED) is 0.610. The third kappa shape index (κ3) is 4.94. The van der Waals surface area contributed by atoms with E-state index in [9.17, 15) is 4.79 Å². The highest BCUT2D eigenvalue weighted by molar-refractivity contribution is 7.98. The summed E-state index contributed by atoms with van der Waals surface area (Å²) in [6.45, 7) is 2.54. The van der Waals surface area contributed by atoms with Gasteiger partial charge < -0.3 is 5.32 Å². The van der Waals surface area contributed by atoms with Crippen LogP contribution in [0.4, 0.5) is 0 Å². The van der Waals surface area contributed by atoms with Gasteiger partial charge in [0.05, 0.1) is 17.0 Å². The molecule has 0 aliphatic heterocycles. The summed E-state index contributed by atoms with van der Waals surface area (Å²) in [5.41, 5.74) is 4.69. The summed E-state index contributed by atoms with van der Waals surface area (Å²) >= 11 is 3.54. The largest absolute Gasteiger partial charge is 0.351 e. The first-order valence-corrected chi connectivity index (χ1v) is 10.2. The van der Waals surface area contributed by atoms with Gasteiger partial charge in [0, 0.05) is 23.6 Å². The topological polar surface area (TPSA) is 42.0 Å². The second-order valence-electron chi connectivity index (χ2n) is 5.64. The number of amides is 1. The SMILES string of the molecule is Cc1nc(-c2ccccc2)ccc1C(=O)NCCSCc1ccsc1. The number of nitrogens with one attached hydrogen (secondary N) is 1. The van der Waals surface area contributed by atoms with Gasteiger partial charge in [-0.1, -0.05) is 30.3 Å². The van der Waals surface area contributed by atoms with Gasteiger partial charge in [-0.3, -0.25) is 9.78 Å². The normalized spacial score (nSPS) is 10.6. The summed E-state index contributed by atoms with van der Waals surface area (Å²) in [5, 5.41) is 7.23. The highest BCUT2D eigenvalue weighted by atomic mass is 32.2. The van der Waals surface area contributed by atoms with E-state index in [1.54, 1.807) is 11.3 Å². The number of rotatable bonds is 7. The molecule has 1 aromatic carbocycles. The fraction of sp³-hybridized carbons (Fsp3) is 0.200. The molecular weight excluding hydrogens is 348 g/mol. The molecule has 0 spiro atoms. The van der Waals surface area contributed by atoms with Crippen LogP contribution in [-0.2, 0) is 5.75 Å². The van der Waals surface area contributed by atoms with E-state index in [0.717, 1.165) is 28.5 Å². The number of aryl methyl sites for hydroxylation is 1. The molecule has 5 heteroatoms. The second kappa shape index (κ2) is 8.83. The van der Waals surface area contributed by atoms with E-state index >= 15 is 0 Å². The summed E-state index contributed by atoms with van der Waals surface area (Å²) in [6, 6.07) is 15.9. The zero-order valence-corrected chi connectivity index (χ0v) is 15.7. The van der Waals surface area contributed by atoms with E-state index < -0.39 is 0 Å². The molecule has 0 fully saturated rings. The summed E-state index contributed by atoms with van der Waals surface area (Å²) < 4.78 is 0. The molecule has 1 N–H and O–H groups in total. The molecule has 0 aliphatic rings. The molecule has 2 heterocycles. The van der Waals surface area contributed by atoms with Gasteiger partial charge in [-0.15, -0.1) is 0 Å². The van der Waals surface area contributed by atoms with Crippen molar-refractivity contribution in [2.45, 2.75) is 12.7 Å². The number of thioether (sulfide) groups is 1. The van der Waals surface area contributed by atoms with Crippen LogP contribution < -0.4 is 5.32 Å². The maximum Gasteiger partial charge on any atom is 0.253 e. The highest BCUT2D eigenvalue weighted by Gasteiger charge is 2.11. The van der Waals surface area contributed by atoms with Gasteiger partial charge in [0.1, 0.15) is 0 Å². The first-order chi connectivity index (χ1) is 12.2. The van der Waals surface area contributed by atoms with E-state index in [4.69, 9.17) is 0 Å². The fourth-order valence-electron chi connectivity index (χ4n) is 2.47. The Hall–Kier alpha value is -2.11. The van der Waals surface area contributed by atoms with Crippen LogP contribution in [0.1, 0.15) is 21.6 Å². The Morgan fingerprint density at radius 2 is 2.00 bits per heavy atom. The number of pyridine rings is 1. The lowest BCUT2D eigenvalue weighted by molar-refractivity contribution is 0.0955. The van der Waals surface area contributed by atoms with Crippen LogP contribution >= 0.6 is 23.1 Å². The average molecular weight is 369 g/mol. The maximum atomic E-state index is 12.3. The first kappa shape index (κ1) is 17.7. The number of carbonyl (C=O) groups excluding carboxylic acids is 1. The van der Waals surface area contributed by atoms with Gasteiger partial charge in [-0.25, -0.2) is 0 Å². The molecule has 2 aromatic heterocycles. The molecule has 128 valence electrons. The predicted octanol–water partition coefficient (Wildman–Crippen LogP) is 4.78.